The molecule has 2 aromatic rings. The molecule has 2 rings (SSSR count). The van der Waals surface area contributed by atoms with Gasteiger partial charge in [-0.2, -0.15) is 0 Å². The zero-order chi connectivity index (χ0) is 14.9. The molecule has 0 bridgehead atoms. The van der Waals surface area contributed by atoms with Crippen molar-refractivity contribution in [3.05, 3.63) is 34.7 Å². The molecule has 2 atom stereocenters. The molecule has 0 spiro atoms. The fourth-order valence-corrected chi connectivity index (χ4v) is 3.72. The van der Waals surface area contributed by atoms with Gasteiger partial charge in [0, 0.05) is 22.6 Å². The molecule has 0 aliphatic carbocycles. The third-order valence-corrected chi connectivity index (χ3v) is 5.93. The summed E-state index contributed by atoms with van der Waals surface area (Å²) < 4.78 is 16.4. The van der Waals surface area contributed by atoms with Crippen LogP contribution in [0.1, 0.15) is 37.9 Å². The molecule has 0 aliphatic rings. The van der Waals surface area contributed by atoms with Crippen LogP contribution in [-0.4, -0.2) is 15.8 Å². The van der Waals surface area contributed by atoms with E-state index in [0.717, 1.165) is 5.56 Å². The zero-order valence-corrected chi connectivity index (χ0v) is 14.0. The van der Waals surface area contributed by atoms with Gasteiger partial charge < -0.3 is 10.3 Å². The number of nitrogens with one attached hydrogen (secondary N) is 1. The number of fused-ring (bicyclic) bond motifs is 1. The van der Waals surface area contributed by atoms with Gasteiger partial charge in [-0.05, 0) is 61.7 Å². The monoisotopic (exact) mass is 310 g/mol. The van der Waals surface area contributed by atoms with E-state index in [1.807, 2.05) is 20.8 Å². The highest BCUT2D eigenvalue weighted by Gasteiger charge is 2.29. The summed E-state index contributed by atoms with van der Waals surface area (Å²) in [5.74, 6) is 0. The molecular weight excluding hydrogens is 288 g/mol. The van der Waals surface area contributed by atoms with Gasteiger partial charge in [-0.25, -0.2) is 0 Å². The first-order chi connectivity index (χ1) is 9.32. The summed E-state index contributed by atoms with van der Waals surface area (Å²) in [5, 5.41) is 3.42. The van der Waals surface area contributed by atoms with Crippen molar-refractivity contribution in [3.8, 4) is 0 Å². The molecule has 0 unspecified atom stereocenters. The van der Waals surface area contributed by atoms with Gasteiger partial charge in [0.1, 0.15) is 4.75 Å². The van der Waals surface area contributed by atoms with Crippen LogP contribution in [0.5, 0.6) is 0 Å². The predicted molar refractivity (Wildman–Crippen MR) is 89.4 cm³/mol. The highest BCUT2D eigenvalue weighted by Crippen LogP contribution is 2.29. The molecule has 0 fully saturated rings. The van der Waals surface area contributed by atoms with Crippen LogP contribution in [0, 0.1) is 6.92 Å². The van der Waals surface area contributed by atoms with Crippen LogP contribution in [0.25, 0.3) is 10.1 Å². The van der Waals surface area contributed by atoms with Gasteiger partial charge in [0.15, 0.2) is 0 Å². The summed E-state index contributed by atoms with van der Waals surface area (Å²) in [6.45, 7) is 8.40. The van der Waals surface area contributed by atoms with Crippen molar-refractivity contribution in [2.75, 3.05) is 6.54 Å². The molecule has 0 radical (unpaired) electrons. The van der Waals surface area contributed by atoms with Crippen molar-refractivity contribution in [2.45, 2.75) is 38.5 Å². The van der Waals surface area contributed by atoms with Crippen molar-refractivity contribution in [2.24, 2.45) is 5.73 Å². The molecule has 1 heterocycles. The lowest BCUT2D eigenvalue weighted by Crippen LogP contribution is -2.43. The van der Waals surface area contributed by atoms with Gasteiger partial charge in [-0.3, -0.25) is 0 Å². The zero-order valence-electron chi connectivity index (χ0n) is 12.4. The normalized spacial score (nSPS) is 15.5. The molecule has 5 heteroatoms. The topological polar surface area (TPSA) is 61.1 Å². The molecule has 20 heavy (non-hydrogen) atoms. The Morgan fingerprint density at radius 1 is 1.40 bits per heavy atom. The van der Waals surface area contributed by atoms with E-state index in [-0.39, 0.29) is 10.8 Å². The summed E-state index contributed by atoms with van der Waals surface area (Å²) in [6.07, 6.45) is 0. The Labute approximate surface area is 127 Å². The molecular formula is C15H22N2OS2. The van der Waals surface area contributed by atoms with Gasteiger partial charge in [-0.15, -0.1) is 16.1 Å². The van der Waals surface area contributed by atoms with Crippen LogP contribution in [0.3, 0.4) is 0 Å². The first-order valence-corrected chi connectivity index (χ1v) is 8.71. The quantitative estimate of drug-likeness (QED) is 0.852. The summed E-state index contributed by atoms with van der Waals surface area (Å²) in [6, 6.07) is 6.26. The van der Waals surface area contributed by atoms with E-state index < -0.39 is 11.4 Å². The van der Waals surface area contributed by atoms with E-state index in [9.17, 15) is 4.55 Å². The average molecular weight is 310 g/mol. The van der Waals surface area contributed by atoms with E-state index in [2.05, 4.69) is 35.2 Å². The Morgan fingerprint density at radius 2 is 2.10 bits per heavy atom. The van der Waals surface area contributed by atoms with Crippen LogP contribution < -0.4 is 10.5 Å². The van der Waals surface area contributed by atoms with E-state index in [1.54, 1.807) is 11.3 Å². The van der Waals surface area contributed by atoms with Gasteiger partial charge >= 0.3 is 0 Å². The first-order valence-electron chi connectivity index (χ1n) is 6.69. The van der Waals surface area contributed by atoms with Crippen molar-refractivity contribution >= 4 is 32.8 Å². The summed E-state index contributed by atoms with van der Waals surface area (Å²) in [4.78, 5) is 0. The highest BCUT2D eigenvalue weighted by atomic mass is 32.2. The minimum Gasteiger partial charge on any atom is -0.598 e. The molecule has 0 amide bonds. The minimum absolute atomic E-state index is 0.0845. The van der Waals surface area contributed by atoms with Gasteiger partial charge in [0.25, 0.3) is 0 Å². The molecule has 110 valence electrons. The Kier molecular flexibility index (Phi) is 4.76. The van der Waals surface area contributed by atoms with Crippen molar-refractivity contribution in [3.63, 3.8) is 0 Å². The number of hydrogen-bond acceptors (Lipinski definition) is 4. The van der Waals surface area contributed by atoms with E-state index in [1.165, 1.54) is 15.6 Å². The largest absolute Gasteiger partial charge is 0.598 e. The average Bonchev–Trinajstić information content (AvgIpc) is 2.76. The molecule has 1 aromatic carbocycles. The van der Waals surface area contributed by atoms with Gasteiger partial charge in [0.05, 0.1) is 6.04 Å². The van der Waals surface area contributed by atoms with E-state index in [0.29, 0.717) is 6.54 Å². The number of thiophene rings is 1. The molecule has 0 saturated heterocycles. The summed E-state index contributed by atoms with van der Waals surface area (Å²) in [7, 11) is 0. The van der Waals surface area contributed by atoms with Crippen molar-refractivity contribution in [1.82, 2.24) is 4.72 Å². The molecule has 0 saturated carbocycles. The number of rotatable bonds is 4. The molecule has 1 aromatic heterocycles. The van der Waals surface area contributed by atoms with Crippen LogP contribution in [0.2, 0.25) is 0 Å². The molecule has 3 N–H and O–H groups in total. The fourth-order valence-electron chi connectivity index (χ4n) is 1.95. The number of benzene rings is 1. The third kappa shape index (κ3) is 3.35. The lowest BCUT2D eigenvalue weighted by atomic mass is 10.0. The lowest BCUT2D eigenvalue weighted by molar-refractivity contribution is 0.525. The highest BCUT2D eigenvalue weighted by molar-refractivity contribution is 7.90. The standard InChI is InChI=1S/C15H22N2OS2/c1-10-9-19-14-6-5-11(7-12(10)14)13(8-16)17-20(18)15(2,3)4/h5-7,9,13,17H,8,16H2,1-4H3/t13-,20+/m1/s1. The Hall–Kier alpha value is -0.590. The first kappa shape index (κ1) is 15.8. The Balaban J connectivity index is 2.27. The summed E-state index contributed by atoms with van der Waals surface area (Å²) in [5.41, 5.74) is 8.23. The third-order valence-electron chi connectivity index (χ3n) is 3.23. The SMILES string of the molecule is Cc1csc2ccc([C@@H](CN)N[S@@+]([O-])C(C)(C)C)cc12. The van der Waals surface area contributed by atoms with Crippen LogP contribution >= 0.6 is 11.3 Å². The van der Waals surface area contributed by atoms with E-state index >= 15 is 0 Å². The molecule has 0 aliphatic heterocycles. The number of nitrogens with two attached hydrogens (primary N) is 1. The number of aryl methyl sites for hydroxylation is 1. The maximum Gasteiger partial charge on any atom is 0.136 e. The maximum atomic E-state index is 12.2. The molecule has 3 nitrogen and oxygen atoms in total. The maximum absolute atomic E-state index is 12.2. The van der Waals surface area contributed by atoms with Crippen LogP contribution in [0.15, 0.2) is 23.6 Å². The Morgan fingerprint density at radius 3 is 2.70 bits per heavy atom. The second-order valence-corrected chi connectivity index (χ2v) is 8.87. The smallest absolute Gasteiger partial charge is 0.136 e. The summed E-state index contributed by atoms with van der Waals surface area (Å²) >= 11 is 0.624. The second kappa shape index (κ2) is 6.03. The van der Waals surface area contributed by atoms with E-state index in [4.69, 9.17) is 5.73 Å². The van der Waals surface area contributed by atoms with Crippen molar-refractivity contribution in [1.29, 1.82) is 0 Å². The van der Waals surface area contributed by atoms with Gasteiger partial charge in [-0.1, -0.05) is 6.07 Å². The van der Waals surface area contributed by atoms with Gasteiger partial charge in [0.2, 0.25) is 0 Å². The Bertz CT molecular complexity index is 589. The minimum atomic E-state index is -1.12. The van der Waals surface area contributed by atoms with Crippen molar-refractivity contribution < 1.29 is 4.55 Å². The second-order valence-electron chi connectivity index (χ2n) is 5.96. The predicted octanol–water partition coefficient (Wildman–Crippen LogP) is 3.26. The van der Waals surface area contributed by atoms with Crippen LogP contribution in [0.4, 0.5) is 0 Å². The fraction of sp³-hybridized carbons (Fsp3) is 0.467. The lowest BCUT2D eigenvalue weighted by Gasteiger charge is -2.27. The number of hydrogen-bond donors (Lipinski definition) is 2. The van der Waals surface area contributed by atoms with Crippen LogP contribution in [-0.2, 0) is 11.4 Å².